The van der Waals surface area contributed by atoms with E-state index < -0.39 is 35.7 Å². The number of benzene rings is 1. The van der Waals surface area contributed by atoms with Crippen LogP contribution in [0.2, 0.25) is 5.02 Å². The zero-order chi connectivity index (χ0) is 28.7. The molecule has 3 N–H and O–H groups in total. The number of nitrogens with one attached hydrogen (secondary N) is 1. The van der Waals surface area contributed by atoms with Gasteiger partial charge in [0.1, 0.15) is 28.6 Å². The normalized spacial score (nSPS) is 37.6. The Balaban J connectivity index is 1.74. The average Bonchev–Trinajstić information content (AvgIpc) is 3.58. The third kappa shape index (κ3) is 5.83. The number of hydrogen-bond acceptors (Lipinski definition) is 8. The molecule has 1 unspecified atom stereocenters. The van der Waals surface area contributed by atoms with Crippen molar-refractivity contribution in [2.45, 2.75) is 75.8 Å². The highest BCUT2D eigenvalue weighted by atomic mass is 35.5. The van der Waals surface area contributed by atoms with Gasteiger partial charge in [0.2, 0.25) is 5.91 Å². The maximum absolute atomic E-state index is 13.3. The third-order valence-electron chi connectivity index (χ3n) is 8.05. The first-order valence-electron chi connectivity index (χ1n) is 13.0. The Bertz CT molecular complexity index is 1190. The number of carbonyl (C=O) groups is 1. The Morgan fingerprint density at radius 2 is 2.03 bits per heavy atom. The Morgan fingerprint density at radius 3 is 2.69 bits per heavy atom. The van der Waals surface area contributed by atoms with Crippen molar-refractivity contribution in [2.75, 3.05) is 26.2 Å². The number of allylic oxidation sites excluding steroid dienone is 3. The van der Waals surface area contributed by atoms with Crippen molar-refractivity contribution in [3.63, 3.8) is 0 Å². The molecule has 3 aliphatic heterocycles. The number of halogens is 1. The van der Waals surface area contributed by atoms with Gasteiger partial charge in [-0.2, -0.15) is 0 Å². The van der Waals surface area contributed by atoms with Gasteiger partial charge in [0.15, 0.2) is 11.6 Å². The van der Waals surface area contributed by atoms with Crippen LogP contribution in [0.25, 0.3) is 0 Å². The van der Waals surface area contributed by atoms with E-state index in [0.717, 1.165) is 11.1 Å². The Morgan fingerprint density at radius 1 is 1.31 bits per heavy atom. The highest BCUT2D eigenvalue weighted by molar-refractivity contribution is 6.35. The van der Waals surface area contributed by atoms with E-state index in [-0.39, 0.29) is 30.5 Å². The molecule has 10 heteroatoms. The molecule has 39 heavy (non-hydrogen) atoms. The van der Waals surface area contributed by atoms with Crippen LogP contribution in [0, 0.1) is 5.92 Å². The van der Waals surface area contributed by atoms with Crippen LogP contribution >= 0.6 is 11.6 Å². The number of nitrogens with zero attached hydrogens (tertiary/aromatic N) is 1. The lowest BCUT2D eigenvalue weighted by atomic mass is 9.83. The summed E-state index contributed by atoms with van der Waals surface area (Å²) in [6.07, 6.45) is 3.50. The molecule has 9 nitrogen and oxygen atoms in total. The minimum absolute atomic E-state index is 0.169. The molecule has 1 aromatic carbocycles. The van der Waals surface area contributed by atoms with Crippen molar-refractivity contribution in [3.05, 3.63) is 59.0 Å². The lowest BCUT2D eigenvalue weighted by Crippen LogP contribution is -2.60. The first-order valence-corrected chi connectivity index (χ1v) is 13.4. The molecule has 0 spiro atoms. The van der Waals surface area contributed by atoms with Gasteiger partial charge in [-0.25, -0.2) is 0 Å². The zero-order valence-corrected chi connectivity index (χ0v) is 24.1. The van der Waals surface area contributed by atoms with Gasteiger partial charge in [0, 0.05) is 26.5 Å². The summed E-state index contributed by atoms with van der Waals surface area (Å²) in [4.78, 5) is 14.7. The van der Waals surface area contributed by atoms with Crippen molar-refractivity contribution >= 4 is 23.2 Å². The van der Waals surface area contributed by atoms with Crippen LogP contribution in [-0.4, -0.2) is 73.1 Å². The van der Waals surface area contributed by atoms with Crippen molar-refractivity contribution in [3.8, 4) is 5.75 Å². The van der Waals surface area contributed by atoms with E-state index in [1.54, 1.807) is 20.0 Å². The summed E-state index contributed by atoms with van der Waals surface area (Å²) in [5.41, 5.74) is -0.0376. The number of ether oxygens (including phenoxy) is 4. The summed E-state index contributed by atoms with van der Waals surface area (Å²) in [5, 5.41) is 26.0. The molecule has 3 heterocycles. The fraction of sp³-hybridized carbons (Fsp3) is 0.552. The summed E-state index contributed by atoms with van der Waals surface area (Å²) in [7, 11) is 4.69. The van der Waals surface area contributed by atoms with Crippen LogP contribution in [0.15, 0.2) is 48.4 Å². The van der Waals surface area contributed by atoms with Crippen molar-refractivity contribution in [1.82, 2.24) is 5.32 Å². The smallest absolute Gasteiger partial charge is 0.229 e. The molecular weight excluding hydrogens is 524 g/mol. The lowest BCUT2D eigenvalue weighted by Gasteiger charge is -2.44. The topological polar surface area (TPSA) is 113 Å². The van der Waals surface area contributed by atoms with Gasteiger partial charge >= 0.3 is 0 Å². The van der Waals surface area contributed by atoms with Crippen LogP contribution in [0.3, 0.4) is 0 Å². The maximum atomic E-state index is 13.3. The highest BCUT2D eigenvalue weighted by Crippen LogP contribution is 2.48. The summed E-state index contributed by atoms with van der Waals surface area (Å²) in [6, 6.07) is 3.69. The first-order chi connectivity index (χ1) is 18.3. The number of aliphatic hydroxyl groups is 2. The molecule has 2 fully saturated rings. The van der Waals surface area contributed by atoms with E-state index in [1.807, 2.05) is 38.1 Å². The molecule has 1 amide bonds. The van der Waals surface area contributed by atoms with E-state index in [4.69, 9.17) is 30.5 Å². The van der Waals surface area contributed by atoms with E-state index in [1.165, 1.54) is 19.1 Å². The fourth-order valence-corrected chi connectivity index (χ4v) is 5.89. The number of aliphatic hydroxyl groups excluding tert-OH is 1. The van der Waals surface area contributed by atoms with Gasteiger partial charge in [-0.05, 0) is 44.5 Å². The molecule has 2 saturated heterocycles. The largest absolute Gasteiger partial charge is 0.495 e. The van der Waals surface area contributed by atoms with Gasteiger partial charge in [-0.15, -0.1) is 0 Å². The third-order valence-corrected chi connectivity index (χ3v) is 8.43. The zero-order valence-electron chi connectivity index (χ0n) is 23.4. The van der Waals surface area contributed by atoms with Gasteiger partial charge < -0.3 is 39.4 Å². The minimum atomic E-state index is -1.48. The summed E-state index contributed by atoms with van der Waals surface area (Å²) < 4.78 is 23.1. The van der Waals surface area contributed by atoms with Crippen LogP contribution < -0.4 is 15.0 Å². The lowest BCUT2D eigenvalue weighted by molar-refractivity contribution is -0.158. The quantitative estimate of drug-likeness (QED) is 0.470. The van der Waals surface area contributed by atoms with Gasteiger partial charge in [-0.3, -0.25) is 4.79 Å². The summed E-state index contributed by atoms with van der Waals surface area (Å²) in [5.74, 6) is 0.122. The summed E-state index contributed by atoms with van der Waals surface area (Å²) >= 11 is 6.60. The minimum Gasteiger partial charge on any atom is -0.495 e. The van der Waals surface area contributed by atoms with E-state index in [2.05, 4.69) is 11.9 Å². The standard InChI is InChI=1S/C29H39ClN2O7/c1-16-9-8-10-24(37-7)29(35)15-22(38-18(3)31-29)17(2)27-28(4,39-27)23(33)14-25(34)32(5)20-12-19(11-16)13-21(36-6)26(20)30/h8-10,12-13,17,22-24,27,31,33,35H,3,11,14-15H2,1-2,4-7H3/b10-8+,16-9+/t17-,22+,23+,24-,27?,28+,29+/m1/s1. The van der Waals surface area contributed by atoms with Crippen molar-refractivity contribution in [1.29, 1.82) is 0 Å². The van der Waals surface area contributed by atoms with Crippen LogP contribution in [0.5, 0.6) is 5.75 Å². The van der Waals surface area contributed by atoms with Crippen LogP contribution in [0.1, 0.15) is 39.2 Å². The van der Waals surface area contributed by atoms with Crippen molar-refractivity contribution < 1.29 is 34.0 Å². The Labute approximate surface area is 235 Å². The molecule has 0 radical (unpaired) electrons. The maximum Gasteiger partial charge on any atom is 0.229 e. The number of anilines is 1. The molecule has 0 saturated carbocycles. The van der Waals surface area contributed by atoms with Gasteiger partial charge in [0.25, 0.3) is 0 Å². The number of methoxy groups -OCH3 is 2. The number of carbonyl (C=O) groups excluding carboxylic acids is 1. The predicted molar refractivity (Wildman–Crippen MR) is 149 cm³/mol. The second kappa shape index (κ2) is 11.1. The summed E-state index contributed by atoms with van der Waals surface area (Å²) in [6.45, 7) is 9.59. The van der Waals surface area contributed by atoms with E-state index in [9.17, 15) is 15.0 Å². The highest BCUT2D eigenvalue weighted by Gasteiger charge is 2.62. The SMILES string of the molecule is C=C1N[C@]2(O)C[C@H](O1)[C@@H](C)C1O[C@@]1(C)[C@@H](O)CC(=O)N(C)c1cc(cc(OC)c1Cl)C/C(C)=C/C=C/[C@H]2OC. The molecule has 7 atom stereocenters. The molecule has 3 aliphatic rings. The molecule has 214 valence electrons. The number of amides is 1. The Hall–Kier alpha value is -2.56. The van der Waals surface area contributed by atoms with Gasteiger partial charge in [-0.1, -0.05) is 42.3 Å². The molecule has 4 rings (SSSR count). The monoisotopic (exact) mass is 562 g/mol. The number of rotatable bonds is 2. The molecular formula is C29H39ClN2O7. The fourth-order valence-electron chi connectivity index (χ4n) is 5.57. The second-order valence-electron chi connectivity index (χ2n) is 10.9. The Kier molecular flexibility index (Phi) is 8.40. The molecule has 4 bridgehead atoms. The first kappa shape index (κ1) is 29.4. The number of epoxide rings is 1. The van der Waals surface area contributed by atoms with Crippen molar-refractivity contribution in [2.24, 2.45) is 5.92 Å². The van der Waals surface area contributed by atoms with Crippen LogP contribution in [-0.2, 0) is 25.4 Å². The van der Waals surface area contributed by atoms with E-state index in [0.29, 0.717) is 22.9 Å². The molecule has 1 aromatic rings. The molecule has 0 aliphatic carbocycles. The molecule has 0 aromatic heterocycles. The predicted octanol–water partition coefficient (Wildman–Crippen LogP) is 3.47. The number of hydrogen-bond donors (Lipinski definition) is 3. The average molecular weight is 563 g/mol. The number of fused-ring (bicyclic) bond motifs is 5. The van der Waals surface area contributed by atoms with Gasteiger partial charge in [0.05, 0.1) is 31.4 Å². The second-order valence-corrected chi connectivity index (χ2v) is 11.3. The van der Waals surface area contributed by atoms with Crippen LogP contribution in [0.4, 0.5) is 5.69 Å². The van der Waals surface area contributed by atoms with E-state index >= 15 is 0 Å².